The maximum absolute atomic E-state index is 9.53. The second kappa shape index (κ2) is 7.49. The van der Waals surface area contributed by atoms with Gasteiger partial charge >= 0.3 is 0 Å². The van der Waals surface area contributed by atoms with Crippen molar-refractivity contribution in [2.45, 2.75) is 12.3 Å². The van der Waals surface area contributed by atoms with Gasteiger partial charge in [0.15, 0.2) is 11.5 Å². The molecule has 1 atom stereocenters. The summed E-state index contributed by atoms with van der Waals surface area (Å²) < 4.78 is 10.6. The van der Waals surface area contributed by atoms with Crippen LogP contribution in [-0.2, 0) is 6.42 Å². The molecule has 6 heteroatoms. The lowest BCUT2D eigenvalue weighted by atomic mass is 9.99. The average Bonchev–Trinajstić information content (AvgIpc) is 3.03. The van der Waals surface area contributed by atoms with E-state index < -0.39 is 0 Å². The molecule has 3 aromatic rings. The van der Waals surface area contributed by atoms with Gasteiger partial charge in [0, 0.05) is 0 Å². The summed E-state index contributed by atoms with van der Waals surface area (Å²) in [6, 6.07) is 15.8. The molecule has 6 nitrogen and oxygen atoms in total. The molecule has 1 heterocycles. The zero-order chi connectivity index (χ0) is 16.2. The second-order valence-electron chi connectivity index (χ2n) is 5.21. The summed E-state index contributed by atoms with van der Waals surface area (Å²) in [6.45, 7) is 0. The van der Waals surface area contributed by atoms with Gasteiger partial charge in [-0.25, -0.2) is 4.98 Å². The third kappa shape index (κ3) is 3.31. The minimum Gasteiger partial charge on any atom is -0.493 e. The van der Waals surface area contributed by atoms with Gasteiger partial charge in [0.25, 0.3) is 0 Å². The number of methoxy groups -OCH3 is 2. The number of para-hydroxylation sites is 2. The molecule has 0 aliphatic heterocycles. The Hall–Kier alpha value is -3.04. The molecule has 0 amide bonds. The highest BCUT2D eigenvalue weighted by atomic mass is 16.5. The lowest BCUT2D eigenvalue weighted by molar-refractivity contribution is 0.354. The van der Waals surface area contributed by atoms with Gasteiger partial charge in [0.2, 0.25) is 0 Å². The van der Waals surface area contributed by atoms with Gasteiger partial charge in [-0.3, -0.25) is 0 Å². The zero-order valence-corrected chi connectivity index (χ0v) is 13.5. The Morgan fingerprint density at radius 1 is 1.12 bits per heavy atom. The van der Waals surface area contributed by atoms with Crippen molar-refractivity contribution in [3.05, 3.63) is 53.9 Å². The highest BCUT2D eigenvalue weighted by molar-refractivity contribution is 5.74. The number of imidazole rings is 1. The van der Waals surface area contributed by atoms with Crippen LogP contribution in [-0.4, -0.2) is 29.7 Å². The van der Waals surface area contributed by atoms with Crippen molar-refractivity contribution in [2.24, 2.45) is 0 Å². The van der Waals surface area contributed by atoms with Crippen LogP contribution in [0.1, 0.15) is 17.3 Å². The first-order valence-corrected chi connectivity index (χ1v) is 7.30. The van der Waals surface area contributed by atoms with E-state index in [0.29, 0.717) is 23.7 Å². The van der Waals surface area contributed by atoms with Crippen LogP contribution >= 0.6 is 0 Å². The van der Waals surface area contributed by atoms with Crippen molar-refractivity contribution in [1.29, 1.82) is 5.26 Å². The van der Waals surface area contributed by atoms with Gasteiger partial charge in [-0.2, -0.15) is 5.26 Å². The number of nitrogens with zero attached hydrogens (tertiary/aromatic N) is 2. The molecular formula is C18H19N3O3. The molecular weight excluding hydrogens is 306 g/mol. The van der Waals surface area contributed by atoms with E-state index >= 15 is 0 Å². The first-order chi connectivity index (χ1) is 11.2. The number of aromatic nitrogens is 2. The topological polar surface area (TPSA) is 102 Å². The summed E-state index contributed by atoms with van der Waals surface area (Å²) in [6.07, 6.45) is 0.552. The van der Waals surface area contributed by atoms with Gasteiger partial charge in [0.05, 0.1) is 31.3 Å². The summed E-state index contributed by atoms with van der Waals surface area (Å²) in [5.41, 5.74) is 2.81. The van der Waals surface area contributed by atoms with Gasteiger partial charge < -0.3 is 19.9 Å². The fourth-order valence-electron chi connectivity index (χ4n) is 2.58. The van der Waals surface area contributed by atoms with Crippen LogP contribution < -0.4 is 9.47 Å². The summed E-state index contributed by atoms with van der Waals surface area (Å²) in [5, 5.41) is 9.53. The number of fused-ring (bicyclic) bond motifs is 1. The smallest absolute Gasteiger partial charge is 0.160 e. The van der Waals surface area contributed by atoms with Crippen molar-refractivity contribution in [3.63, 3.8) is 0 Å². The molecule has 0 fully saturated rings. The first kappa shape index (κ1) is 17.3. The minimum absolute atomic E-state index is 0. The normalized spacial score (nSPS) is 11.4. The summed E-state index contributed by atoms with van der Waals surface area (Å²) in [4.78, 5) is 7.75. The predicted molar refractivity (Wildman–Crippen MR) is 91.3 cm³/mol. The quantitative estimate of drug-likeness (QED) is 0.778. The Morgan fingerprint density at radius 3 is 2.54 bits per heavy atom. The number of hydrogen-bond donors (Lipinski definition) is 1. The number of nitriles is 1. The van der Waals surface area contributed by atoms with E-state index in [1.54, 1.807) is 14.2 Å². The summed E-state index contributed by atoms with van der Waals surface area (Å²) in [7, 11) is 3.20. The zero-order valence-electron chi connectivity index (χ0n) is 13.5. The van der Waals surface area contributed by atoms with Crippen LogP contribution in [0.2, 0.25) is 0 Å². The van der Waals surface area contributed by atoms with E-state index in [1.165, 1.54) is 0 Å². The first-order valence-electron chi connectivity index (χ1n) is 7.30. The Kier molecular flexibility index (Phi) is 5.40. The maximum Gasteiger partial charge on any atom is 0.160 e. The van der Waals surface area contributed by atoms with Gasteiger partial charge in [0.1, 0.15) is 11.7 Å². The molecule has 0 bridgehead atoms. The third-order valence-electron chi connectivity index (χ3n) is 3.78. The standard InChI is InChI=1S/C18H17N3O2.H2O/c1-22-16-8-7-12(10-17(16)23-2)9-13(11-19)18-20-14-5-3-4-6-15(14)21-18;/h3-8,10,13H,9H2,1-2H3,(H,20,21);1H2. The molecule has 1 aromatic heterocycles. The molecule has 0 aliphatic carbocycles. The van der Waals surface area contributed by atoms with Crippen molar-refractivity contribution in [1.82, 2.24) is 9.97 Å². The SMILES string of the molecule is COc1ccc(CC(C#N)c2nc3ccccc3[nH]2)cc1OC.O. The fourth-order valence-corrected chi connectivity index (χ4v) is 2.58. The third-order valence-corrected chi connectivity index (χ3v) is 3.78. The highest BCUT2D eigenvalue weighted by Gasteiger charge is 2.17. The van der Waals surface area contributed by atoms with Crippen LogP contribution in [0, 0.1) is 11.3 Å². The van der Waals surface area contributed by atoms with Crippen LogP contribution in [0.4, 0.5) is 0 Å². The Balaban J connectivity index is 0.00000208. The number of benzene rings is 2. The number of ether oxygens (including phenoxy) is 2. The van der Waals surface area contributed by atoms with Crippen molar-refractivity contribution < 1.29 is 14.9 Å². The van der Waals surface area contributed by atoms with Gasteiger partial charge in [-0.05, 0) is 36.2 Å². The molecule has 24 heavy (non-hydrogen) atoms. The van der Waals surface area contributed by atoms with E-state index in [-0.39, 0.29) is 11.4 Å². The molecule has 3 rings (SSSR count). The largest absolute Gasteiger partial charge is 0.493 e. The van der Waals surface area contributed by atoms with Crippen LogP contribution in [0.25, 0.3) is 11.0 Å². The van der Waals surface area contributed by atoms with Crippen LogP contribution in [0.15, 0.2) is 42.5 Å². The average molecular weight is 325 g/mol. The number of aromatic amines is 1. The summed E-state index contributed by atoms with van der Waals surface area (Å²) in [5.74, 6) is 1.67. The van der Waals surface area contributed by atoms with Gasteiger partial charge in [-0.15, -0.1) is 0 Å². The minimum atomic E-state index is -0.347. The van der Waals surface area contributed by atoms with Crippen molar-refractivity contribution in [3.8, 4) is 17.6 Å². The molecule has 0 saturated heterocycles. The lowest BCUT2D eigenvalue weighted by Crippen LogP contribution is -2.03. The van der Waals surface area contributed by atoms with E-state index in [0.717, 1.165) is 16.6 Å². The molecule has 0 saturated carbocycles. The molecule has 2 aromatic carbocycles. The van der Waals surface area contributed by atoms with Gasteiger partial charge in [-0.1, -0.05) is 18.2 Å². The van der Waals surface area contributed by atoms with Crippen LogP contribution in [0.5, 0.6) is 11.5 Å². The molecule has 1 unspecified atom stereocenters. The monoisotopic (exact) mass is 325 g/mol. The molecule has 3 N–H and O–H groups in total. The molecule has 0 aliphatic rings. The van der Waals surface area contributed by atoms with E-state index in [1.807, 2.05) is 42.5 Å². The highest BCUT2D eigenvalue weighted by Crippen LogP contribution is 2.30. The molecule has 0 radical (unpaired) electrons. The lowest BCUT2D eigenvalue weighted by Gasteiger charge is -2.11. The molecule has 0 spiro atoms. The Bertz CT molecular complexity index is 834. The number of rotatable bonds is 5. The van der Waals surface area contributed by atoms with E-state index in [9.17, 15) is 5.26 Å². The number of hydrogen-bond acceptors (Lipinski definition) is 4. The Labute approximate surface area is 140 Å². The fraction of sp³-hybridized carbons (Fsp3) is 0.222. The number of H-pyrrole nitrogens is 1. The molecule has 124 valence electrons. The Morgan fingerprint density at radius 2 is 1.88 bits per heavy atom. The van der Waals surface area contributed by atoms with E-state index in [4.69, 9.17) is 9.47 Å². The van der Waals surface area contributed by atoms with Crippen molar-refractivity contribution >= 4 is 11.0 Å². The van der Waals surface area contributed by atoms with Crippen molar-refractivity contribution in [2.75, 3.05) is 14.2 Å². The summed E-state index contributed by atoms with van der Waals surface area (Å²) >= 11 is 0. The number of nitrogens with one attached hydrogen (secondary N) is 1. The predicted octanol–water partition coefficient (Wildman–Crippen LogP) is 2.61. The van der Waals surface area contributed by atoms with Crippen LogP contribution in [0.3, 0.4) is 0 Å². The maximum atomic E-state index is 9.53. The van der Waals surface area contributed by atoms with E-state index in [2.05, 4.69) is 16.0 Å². The second-order valence-corrected chi connectivity index (χ2v) is 5.21.